The van der Waals surface area contributed by atoms with Crippen LogP contribution in [0.2, 0.25) is 0 Å². The topological polar surface area (TPSA) is 62.6 Å². The van der Waals surface area contributed by atoms with Crippen LogP contribution in [0.3, 0.4) is 0 Å². The molecule has 0 atom stereocenters. The summed E-state index contributed by atoms with van der Waals surface area (Å²) in [5.41, 5.74) is 2.99. The Kier molecular flexibility index (Phi) is 6.72. The molecule has 5 rings (SSSR count). The van der Waals surface area contributed by atoms with Crippen molar-refractivity contribution in [2.75, 3.05) is 21.3 Å². The third-order valence-corrected chi connectivity index (χ3v) is 7.20. The van der Waals surface area contributed by atoms with Crippen LogP contribution in [0.25, 0.3) is 39.5 Å². The normalized spacial score (nSPS) is 11.4. The average molecular weight is 557 g/mol. The highest BCUT2D eigenvalue weighted by molar-refractivity contribution is 9.10. The molecule has 0 saturated carbocycles. The molecule has 0 aliphatic rings. The maximum Gasteiger partial charge on any atom is 0.266 e. The van der Waals surface area contributed by atoms with Crippen molar-refractivity contribution in [3.63, 3.8) is 0 Å². The van der Waals surface area contributed by atoms with Crippen LogP contribution in [0, 0.1) is 6.92 Å². The van der Waals surface area contributed by atoms with E-state index in [-0.39, 0.29) is 5.56 Å². The molecule has 186 valence electrons. The van der Waals surface area contributed by atoms with Gasteiger partial charge in [-0.25, -0.2) is 4.98 Å². The predicted molar refractivity (Wildman–Crippen MR) is 152 cm³/mol. The Hall–Kier alpha value is -4.10. The Labute approximate surface area is 222 Å². The molecule has 6 nitrogen and oxygen atoms in total. The van der Waals surface area contributed by atoms with Gasteiger partial charge in [-0.1, -0.05) is 40.2 Å². The van der Waals surface area contributed by atoms with E-state index in [1.807, 2.05) is 79.7 Å². The molecule has 0 bridgehead atoms. The standard InChI is InChI=1S/C30H25BrN2O4/c1-18-13-22(10-11-24(18)31)33-29(12-9-21-16-27(36-3)28(37-4)17-26(21)35-2)32-25-15-20-8-6-5-7-19(20)14-23(25)30(33)34/h5-17H,1-4H3/b12-9+. The van der Waals surface area contributed by atoms with Gasteiger partial charge >= 0.3 is 0 Å². The average Bonchev–Trinajstić information content (AvgIpc) is 2.92. The molecule has 1 aromatic heterocycles. The highest BCUT2D eigenvalue weighted by atomic mass is 79.9. The quantitative estimate of drug-likeness (QED) is 0.215. The molecule has 0 spiro atoms. The van der Waals surface area contributed by atoms with Crippen LogP contribution in [0.15, 0.2) is 76.0 Å². The van der Waals surface area contributed by atoms with Gasteiger partial charge in [0.1, 0.15) is 11.6 Å². The van der Waals surface area contributed by atoms with Crippen molar-refractivity contribution in [1.29, 1.82) is 0 Å². The first-order chi connectivity index (χ1) is 17.9. The predicted octanol–water partition coefficient (Wildman–Crippen LogP) is 6.81. The lowest BCUT2D eigenvalue weighted by Crippen LogP contribution is -2.22. The van der Waals surface area contributed by atoms with E-state index in [9.17, 15) is 4.79 Å². The second-order valence-electron chi connectivity index (χ2n) is 8.54. The largest absolute Gasteiger partial charge is 0.496 e. The number of fused-ring (bicyclic) bond motifs is 2. The highest BCUT2D eigenvalue weighted by Gasteiger charge is 2.15. The molecule has 1 heterocycles. The molecule has 7 heteroatoms. The van der Waals surface area contributed by atoms with Crippen molar-refractivity contribution in [3.8, 4) is 22.9 Å². The molecule has 4 aromatic carbocycles. The third kappa shape index (κ3) is 4.58. The van der Waals surface area contributed by atoms with Crippen molar-refractivity contribution >= 4 is 49.8 Å². The first-order valence-electron chi connectivity index (χ1n) is 11.6. The molecule has 0 fully saturated rings. The molecule has 0 radical (unpaired) electrons. The van der Waals surface area contributed by atoms with Gasteiger partial charge in [-0.2, -0.15) is 0 Å². The van der Waals surface area contributed by atoms with Crippen molar-refractivity contribution in [1.82, 2.24) is 9.55 Å². The zero-order valence-corrected chi connectivity index (χ0v) is 22.5. The monoisotopic (exact) mass is 556 g/mol. The van der Waals surface area contributed by atoms with E-state index in [1.165, 1.54) is 0 Å². The lowest BCUT2D eigenvalue weighted by atomic mass is 10.1. The fourth-order valence-corrected chi connectivity index (χ4v) is 4.61. The minimum Gasteiger partial charge on any atom is -0.496 e. The molecule has 0 aliphatic heterocycles. The molecule has 0 N–H and O–H groups in total. The summed E-state index contributed by atoms with van der Waals surface area (Å²) in [6, 6.07) is 21.2. The van der Waals surface area contributed by atoms with Gasteiger partial charge in [-0.05, 0) is 71.8 Å². The van der Waals surface area contributed by atoms with E-state index in [0.29, 0.717) is 34.0 Å². The summed E-state index contributed by atoms with van der Waals surface area (Å²) in [5.74, 6) is 2.23. The lowest BCUT2D eigenvalue weighted by Gasteiger charge is -2.14. The molecular weight excluding hydrogens is 532 g/mol. The molecule has 0 saturated heterocycles. The summed E-state index contributed by atoms with van der Waals surface area (Å²) in [5, 5.41) is 2.57. The van der Waals surface area contributed by atoms with Crippen LogP contribution in [-0.2, 0) is 0 Å². The van der Waals surface area contributed by atoms with E-state index in [4.69, 9.17) is 19.2 Å². The Balaban J connectivity index is 1.77. The lowest BCUT2D eigenvalue weighted by molar-refractivity contribution is 0.348. The highest BCUT2D eigenvalue weighted by Crippen LogP contribution is 2.35. The third-order valence-electron chi connectivity index (χ3n) is 6.31. The number of hydrogen-bond donors (Lipinski definition) is 0. The number of nitrogens with zero attached hydrogens (tertiary/aromatic N) is 2. The van der Waals surface area contributed by atoms with E-state index < -0.39 is 0 Å². The second kappa shape index (κ2) is 10.1. The van der Waals surface area contributed by atoms with Gasteiger partial charge in [-0.15, -0.1) is 0 Å². The number of aromatic nitrogens is 2. The van der Waals surface area contributed by atoms with Crippen molar-refractivity contribution < 1.29 is 14.2 Å². The molecule has 0 aliphatic carbocycles. The molecule has 0 unspecified atom stereocenters. The summed E-state index contributed by atoms with van der Waals surface area (Å²) >= 11 is 3.56. The maximum atomic E-state index is 13.9. The zero-order chi connectivity index (χ0) is 26.1. The number of benzene rings is 4. The van der Waals surface area contributed by atoms with Crippen molar-refractivity contribution in [2.24, 2.45) is 0 Å². The van der Waals surface area contributed by atoms with Crippen LogP contribution >= 0.6 is 15.9 Å². The van der Waals surface area contributed by atoms with Crippen LogP contribution in [0.1, 0.15) is 17.0 Å². The van der Waals surface area contributed by atoms with E-state index in [1.54, 1.807) is 32.0 Å². The van der Waals surface area contributed by atoms with E-state index >= 15 is 0 Å². The van der Waals surface area contributed by atoms with E-state index in [0.717, 1.165) is 32.1 Å². The first-order valence-corrected chi connectivity index (χ1v) is 12.4. The van der Waals surface area contributed by atoms with Gasteiger partial charge < -0.3 is 14.2 Å². The number of halogens is 1. The number of aryl methyl sites for hydroxylation is 1. The Morgan fingerprint density at radius 3 is 2.16 bits per heavy atom. The fraction of sp³-hybridized carbons (Fsp3) is 0.133. The van der Waals surface area contributed by atoms with Crippen LogP contribution in [0.5, 0.6) is 17.2 Å². The number of ether oxygens (including phenoxy) is 3. The van der Waals surface area contributed by atoms with Crippen molar-refractivity contribution in [3.05, 3.63) is 98.5 Å². The summed E-state index contributed by atoms with van der Waals surface area (Å²) in [6.07, 6.45) is 3.68. The Morgan fingerprint density at radius 1 is 0.811 bits per heavy atom. The van der Waals surface area contributed by atoms with Gasteiger partial charge in [0, 0.05) is 16.1 Å². The molecule has 37 heavy (non-hydrogen) atoms. The summed E-state index contributed by atoms with van der Waals surface area (Å²) in [7, 11) is 4.76. The summed E-state index contributed by atoms with van der Waals surface area (Å²) < 4.78 is 19.1. The van der Waals surface area contributed by atoms with Crippen LogP contribution in [-0.4, -0.2) is 30.9 Å². The number of rotatable bonds is 6. The van der Waals surface area contributed by atoms with Crippen molar-refractivity contribution in [2.45, 2.75) is 6.92 Å². The summed E-state index contributed by atoms with van der Waals surface area (Å²) in [4.78, 5) is 18.9. The maximum absolute atomic E-state index is 13.9. The number of hydrogen-bond acceptors (Lipinski definition) is 5. The fourth-order valence-electron chi connectivity index (χ4n) is 4.37. The van der Waals surface area contributed by atoms with Gasteiger partial charge in [0.15, 0.2) is 11.5 Å². The molecular formula is C30H25BrN2O4. The van der Waals surface area contributed by atoms with Gasteiger partial charge in [-0.3, -0.25) is 9.36 Å². The smallest absolute Gasteiger partial charge is 0.266 e. The Bertz CT molecular complexity index is 1740. The van der Waals surface area contributed by atoms with Crippen LogP contribution in [0.4, 0.5) is 0 Å². The van der Waals surface area contributed by atoms with Gasteiger partial charge in [0.25, 0.3) is 5.56 Å². The second-order valence-corrected chi connectivity index (χ2v) is 9.40. The van der Waals surface area contributed by atoms with Crippen LogP contribution < -0.4 is 19.8 Å². The Morgan fingerprint density at radius 2 is 1.49 bits per heavy atom. The molecule has 0 amide bonds. The number of methoxy groups -OCH3 is 3. The molecule has 5 aromatic rings. The first kappa shape index (κ1) is 24.6. The van der Waals surface area contributed by atoms with Gasteiger partial charge in [0.05, 0.1) is 37.9 Å². The van der Waals surface area contributed by atoms with E-state index in [2.05, 4.69) is 15.9 Å². The summed E-state index contributed by atoms with van der Waals surface area (Å²) in [6.45, 7) is 1.99. The SMILES string of the molecule is COc1cc(OC)c(OC)cc1/C=C/c1nc2cc3ccccc3cc2c(=O)n1-c1ccc(Br)c(C)c1. The minimum atomic E-state index is -0.142. The minimum absolute atomic E-state index is 0.142. The zero-order valence-electron chi connectivity index (χ0n) is 20.9. The van der Waals surface area contributed by atoms with Gasteiger partial charge in [0.2, 0.25) is 0 Å².